The first-order valence-electron chi connectivity index (χ1n) is 7.63. The van der Waals surface area contributed by atoms with E-state index in [2.05, 4.69) is 34.4 Å². The molecule has 122 valence electrons. The molecule has 0 atom stereocenters. The normalized spacial score (nSPS) is 10.6. The van der Waals surface area contributed by atoms with Crippen molar-refractivity contribution in [1.29, 1.82) is 0 Å². The summed E-state index contributed by atoms with van der Waals surface area (Å²) >= 11 is 5.85. The number of nitrogens with zero attached hydrogens (tertiary/aromatic N) is 2. The SMILES string of the molecule is CC(C)CNc1cc(C(=O)NCCc2ccc(Cl)cc2)ncn1. The number of nitrogens with one attached hydrogen (secondary N) is 2. The molecule has 2 N–H and O–H groups in total. The van der Waals surface area contributed by atoms with E-state index in [1.807, 2.05) is 24.3 Å². The number of anilines is 1. The van der Waals surface area contributed by atoms with Gasteiger partial charge in [0.15, 0.2) is 0 Å². The van der Waals surface area contributed by atoms with E-state index in [4.69, 9.17) is 11.6 Å². The number of amides is 1. The van der Waals surface area contributed by atoms with Crippen LogP contribution in [0.1, 0.15) is 29.9 Å². The second-order valence-corrected chi connectivity index (χ2v) is 6.13. The Kier molecular flexibility index (Phi) is 6.35. The van der Waals surface area contributed by atoms with Crippen LogP contribution in [0.2, 0.25) is 5.02 Å². The van der Waals surface area contributed by atoms with E-state index in [1.165, 1.54) is 6.33 Å². The number of hydrogen-bond donors (Lipinski definition) is 2. The van der Waals surface area contributed by atoms with Crippen LogP contribution in [0.3, 0.4) is 0 Å². The minimum Gasteiger partial charge on any atom is -0.370 e. The Hall–Kier alpha value is -2.14. The Labute approximate surface area is 141 Å². The van der Waals surface area contributed by atoms with Crippen LogP contribution in [-0.4, -0.2) is 29.0 Å². The van der Waals surface area contributed by atoms with Gasteiger partial charge < -0.3 is 10.6 Å². The van der Waals surface area contributed by atoms with Gasteiger partial charge in [-0.25, -0.2) is 9.97 Å². The van der Waals surface area contributed by atoms with Crippen molar-refractivity contribution in [2.45, 2.75) is 20.3 Å². The second kappa shape index (κ2) is 8.48. The summed E-state index contributed by atoms with van der Waals surface area (Å²) in [4.78, 5) is 20.3. The van der Waals surface area contributed by atoms with Crippen molar-refractivity contribution < 1.29 is 4.79 Å². The Morgan fingerprint density at radius 3 is 2.65 bits per heavy atom. The molecule has 0 saturated carbocycles. The van der Waals surface area contributed by atoms with Gasteiger partial charge in [0.05, 0.1) is 0 Å². The molecule has 6 heteroatoms. The fraction of sp³-hybridized carbons (Fsp3) is 0.353. The Morgan fingerprint density at radius 2 is 1.96 bits per heavy atom. The van der Waals surface area contributed by atoms with E-state index in [0.29, 0.717) is 29.0 Å². The van der Waals surface area contributed by atoms with Crippen molar-refractivity contribution in [3.05, 3.63) is 52.9 Å². The molecule has 1 aromatic heterocycles. The third kappa shape index (κ3) is 5.87. The van der Waals surface area contributed by atoms with Crippen LogP contribution in [0.5, 0.6) is 0 Å². The topological polar surface area (TPSA) is 66.9 Å². The van der Waals surface area contributed by atoms with Crippen LogP contribution < -0.4 is 10.6 Å². The smallest absolute Gasteiger partial charge is 0.270 e. The summed E-state index contributed by atoms with van der Waals surface area (Å²) in [7, 11) is 0. The van der Waals surface area contributed by atoms with Gasteiger partial charge in [-0.1, -0.05) is 37.6 Å². The van der Waals surface area contributed by atoms with Crippen LogP contribution in [0, 0.1) is 5.92 Å². The zero-order valence-electron chi connectivity index (χ0n) is 13.3. The van der Waals surface area contributed by atoms with E-state index in [1.54, 1.807) is 6.07 Å². The molecule has 0 bridgehead atoms. The molecule has 0 aliphatic heterocycles. The van der Waals surface area contributed by atoms with Gasteiger partial charge in [0.1, 0.15) is 17.8 Å². The van der Waals surface area contributed by atoms with Gasteiger partial charge in [-0.3, -0.25) is 4.79 Å². The highest BCUT2D eigenvalue weighted by Crippen LogP contribution is 2.10. The first-order chi connectivity index (χ1) is 11.0. The lowest BCUT2D eigenvalue weighted by molar-refractivity contribution is 0.0949. The summed E-state index contributed by atoms with van der Waals surface area (Å²) in [5.74, 6) is 0.965. The number of carbonyl (C=O) groups is 1. The molecule has 5 nitrogen and oxygen atoms in total. The largest absolute Gasteiger partial charge is 0.370 e. The zero-order chi connectivity index (χ0) is 16.7. The maximum atomic E-state index is 12.1. The predicted molar refractivity (Wildman–Crippen MR) is 92.8 cm³/mol. The third-order valence-electron chi connectivity index (χ3n) is 3.20. The fourth-order valence-electron chi connectivity index (χ4n) is 1.95. The standard InChI is InChI=1S/C17H21ClN4O/c1-12(2)10-20-16-9-15(21-11-22-16)17(23)19-8-7-13-3-5-14(18)6-4-13/h3-6,9,11-12H,7-8,10H2,1-2H3,(H,19,23)(H,20,21,22). The molecule has 0 unspecified atom stereocenters. The number of aromatic nitrogens is 2. The van der Waals surface area contributed by atoms with E-state index in [0.717, 1.165) is 18.5 Å². The van der Waals surface area contributed by atoms with Gasteiger partial charge in [0, 0.05) is 24.2 Å². The predicted octanol–water partition coefficient (Wildman–Crippen LogP) is 3.17. The van der Waals surface area contributed by atoms with E-state index < -0.39 is 0 Å². The first kappa shape index (κ1) is 17.2. The van der Waals surface area contributed by atoms with Gasteiger partial charge in [-0.15, -0.1) is 0 Å². The molecular formula is C17H21ClN4O. The van der Waals surface area contributed by atoms with Crippen LogP contribution in [0.25, 0.3) is 0 Å². The van der Waals surface area contributed by atoms with Crippen molar-refractivity contribution in [1.82, 2.24) is 15.3 Å². The maximum Gasteiger partial charge on any atom is 0.270 e. The van der Waals surface area contributed by atoms with Gasteiger partial charge in [0.25, 0.3) is 5.91 Å². The molecule has 2 rings (SSSR count). The quantitative estimate of drug-likeness (QED) is 0.817. The highest BCUT2D eigenvalue weighted by atomic mass is 35.5. The molecule has 0 spiro atoms. The Bertz CT molecular complexity index is 643. The number of carbonyl (C=O) groups excluding carboxylic acids is 1. The van der Waals surface area contributed by atoms with Crippen LogP contribution in [-0.2, 0) is 6.42 Å². The molecule has 0 aliphatic carbocycles. The monoisotopic (exact) mass is 332 g/mol. The van der Waals surface area contributed by atoms with Gasteiger partial charge >= 0.3 is 0 Å². The summed E-state index contributed by atoms with van der Waals surface area (Å²) in [5.41, 5.74) is 1.49. The van der Waals surface area contributed by atoms with Crippen molar-refractivity contribution in [3.63, 3.8) is 0 Å². The fourth-order valence-corrected chi connectivity index (χ4v) is 2.07. The zero-order valence-corrected chi connectivity index (χ0v) is 14.1. The van der Waals surface area contributed by atoms with Gasteiger partial charge in [-0.05, 0) is 30.0 Å². The maximum absolute atomic E-state index is 12.1. The first-order valence-corrected chi connectivity index (χ1v) is 8.01. The van der Waals surface area contributed by atoms with Gasteiger partial charge in [0.2, 0.25) is 0 Å². The van der Waals surface area contributed by atoms with E-state index in [9.17, 15) is 4.79 Å². The molecule has 23 heavy (non-hydrogen) atoms. The molecule has 0 fully saturated rings. The molecule has 0 saturated heterocycles. The lowest BCUT2D eigenvalue weighted by atomic mass is 10.1. The summed E-state index contributed by atoms with van der Waals surface area (Å²) in [6.07, 6.45) is 2.14. The summed E-state index contributed by atoms with van der Waals surface area (Å²) < 4.78 is 0. The average Bonchev–Trinajstić information content (AvgIpc) is 2.55. The lowest BCUT2D eigenvalue weighted by Crippen LogP contribution is -2.26. The summed E-state index contributed by atoms with van der Waals surface area (Å²) in [5, 5.41) is 6.76. The van der Waals surface area contributed by atoms with Crippen molar-refractivity contribution in [3.8, 4) is 0 Å². The third-order valence-corrected chi connectivity index (χ3v) is 3.46. The Balaban J connectivity index is 1.85. The number of benzene rings is 1. The van der Waals surface area contributed by atoms with E-state index >= 15 is 0 Å². The van der Waals surface area contributed by atoms with Crippen LogP contribution in [0.4, 0.5) is 5.82 Å². The lowest BCUT2D eigenvalue weighted by Gasteiger charge is -2.09. The second-order valence-electron chi connectivity index (χ2n) is 5.70. The molecule has 2 aromatic rings. The van der Waals surface area contributed by atoms with Crippen LogP contribution >= 0.6 is 11.6 Å². The van der Waals surface area contributed by atoms with Crippen molar-refractivity contribution in [2.24, 2.45) is 5.92 Å². The molecule has 0 aliphatic rings. The molecular weight excluding hydrogens is 312 g/mol. The number of halogens is 1. The number of hydrogen-bond acceptors (Lipinski definition) is 4. The van der Waals surface area contributed by atoms with Gasteiger partial charge in [-0.2, -0.15) is 0 Å². The summed E-state index contributed by atoms with van der Waals surface area (Å²) in [6.45, 7) is 5.56. The Morgan fingerprint density at radius 1 is 1.22 bits per heavy atom. The highest BCUT2D eigenvalue weighted by Gasteiger charge is 2.08. The summed E-state index contributed by atoms with van der Waals surface area (Å²) in [6, 6.07) is 9.26. The minimum absolute atomic E-state index is 0.200. The molecule has 1 amide bonds. The van der Waals surface area contributed by atoms with Crippen LogP contribution in [0.15, 0.2) is 36.7 Å². The van der Waals surface area contributed by atoms with Crippen molar-refractivity contribution in [2.75, 3.05) is 18.4 Å². The number of rotatable bonds is 7. The highest BCUT2D eigenvalue weighted by molar-refractivity contribution is 6.30. The minimum atomic E-state index is -0.200. The molecule has 1 aromatic carbocycles. The van der Waals surface area contributed by atoms with Crippen molar-refractivity contribution >= 4 is 23.3 Å². The molecule has 1 heterocycles. The average molecular weight is 333 g/mol. The molecule has 0 radical (unpaired) electrons. The van der Waals surface area contributed by atoms with E-state index in [-0.39, 0.29) is 5.91 Å².